The molecule has 0 atom stereocenters. The molecule has 0 aromatic carbocycles. The Morgan fingerprint density at radius 3 is 2.59 bits per heavy atom. The van der Waals surface area contributed by atoms with Gasteiger partial charge in [0.2, 0.25) is 0 Å². The first-order chi connectivity index (χ1) is 10.6. The second kappa shape index (κ2) is 6.07. The molecule has 3 aromatic heterocycles. The summed E-state index contributed by atoms with van der Waals surface area (Å²) in [6, 6.07) is 3.87. The van der Waals surface area contributed by atoms with Crippen molar-refractivity contribution in [3.63, 3.8) is 0 Å². The predicted molar refractivity (Wildman–Crippen MR) is 92.1 cm³/mol. The van der Waals surface area contributed by atoms with Gasteiger partial charge >= 0.3 is 0 Å². The lowest BCUT2D eigenvalue weighted by Crippen LogP contribution is -2.07. The van der Waals surface area contributed by atoms with E-state index in [1.807, 2.05) is 16.7 Å². The molecule has 0 fully saturated rings. The van der Waals surface area contributed by atoms with Gasteiger partial charge in [-0.1, -0.05) is 37.0 Å². The van der Waals surface area contributed by atoms with Gasteiger partial charge in [-0.05, 0) is 25.0 Å². The highest BCUT2D eigenvalue weighted by molar-refractivity contribution is 7.19. The van der Waals surface area contributed by atoms with Crippen molar-refractivity contribution in [1.82, 2.24) is 14.5 Å². The van der Waals surface area contributed by atoms with Crippen molar-refractivity contribution >= 4 is 45.7 Å². The highest BCUT2D eigenvalue weighted by Gasteiger charge is 2.23. The number of imidazole rings is 1. The summed E-state index contributed by atoms with van der Waals surface area (Å²) < 4.78 is 2.52. The number of aromatic nitrogens is 3. The Morgan fingerprint density at radius 1 is 1.27 bits per heavy atom. The van der Waals surface area contributed by atoms with Gasteiger partial charge in [-0.15, -0.1) is 11.3 Å². The third-order valence-electron chi connectivity index (χ3n) is 3.78. The van der Waals surface area contributed by atoms with Crippen LogP contribution in [0.2, 0.25) is 9.36 Å². The molecule has 0 saturated heterocycles. The van der Waals surface area contributed by atoms with E-state index >= 15 is 0 Å². The summed E-state index contributed by atoms with van der Waals surface area (Å²) in [5.74, 6) is 0. The van der Waals surface area contributed by atoms with E-state index in [0.29, 0.717) is 15.0 Å². The summed E-state index contributed by atoms with van der Waals surface area (Å²) in [4.78, 5) is 9.38. The van der Waals surface area contributed by atoms with Crippen LogP contribution in [0.25, 0.3) is 21.6 Å². The van der Waals surface area contributed by atoms with Crippen molar-refractivity contribution in [3.05, 3.63) is 27.7 Å². The molecular formula is C15H15Cl2N3OS. The Kier molecular flexibility index (Phi) is 4.30. The van der Waals surface area contributed by atoms with Gasteiger partial charge in [-0.2, -0.15) is 4.98 Å². The van der Waals surface area contributed by atoms with Crippen LogP contribution in [0.5, 0.6) is 6.01 Å². The van der Waals surface area contributed by atoms with Gasteiger partial charge in [0.05, 0.1) is 9.36 Å². The fourth-order valence-electron chi connectivity index (χ4n) is 2.71. The average Bonchev–Trinajstić information content (AvgIpc) is 3.05. The molecule has 116 valence electrons. The monoisotopic (exact) mass is 355 g/mol. The first-order valence-corrected chi connectivity index (χ1v) is 8.65. The molecular weight excluding hydrogens is 341 g/mol. The van der Waals surface area contributed by atoms with Crippen LogP contribution in [0.4, 0.5) is 0 Å². The van der Waals surface area contributed by atoms with Crippen molar-refractivity contribution in [2.45, 2.75) is 32.7 Å². The fourth-order valence-corrected chi connectivity index (χ4v) is 4.11. The number of rotatable bonds is 4. The second-order valence-corrected chi connectivity index (χ2v) is 7.13. The topological polar surface area (TPSA) is 50.9 Å². The van der Waals surface area contributed by atoms with E-state index in [4.69, 9.17) is 23.2 Å². The van der Waals surface area contributed by atoms with E-state index in [2.05, 4.69) is 23.8 Å². The predicted octanol–water partition coefficient (Wildman–Crippen LogP) is 5.53. The molecule has 0 aliphatic rings. The third-order valence-corrected chi connectivity index (χ3v) is 5.31. The number of aromatic hydroxyl groups is 1. The van der Waals surface area contributed by atoms with E-state index in [0.717, 1.165) is 28.8 Å². The number of nitrogens with zero attached hydrogens (tertiary/aromatic N) is 3. The number of halogens is 2. The largest absolute Gasteiger partial charge is 0.480 e. The summed E-state index contributed by atoms with van der Waals surface area (Å²) in [5, 5.41) is 10.8. The van der Waals surface area contributed by atoms with Crippen LogP contribution in [0.1, 0.15) is 32.7 Å². The lowest BCUT2D eigenvalue weighted by molar-refractivity contribution is 0.362. The molecule has 0 amide bonds. The van der Waals surface area contributed by atoms with Gasteiger partial charge in [0.15, 0.2) is 5.65 Å². The molecule has 3 heterocycles. The molecule has 0 saturated carbocycles. The zero-order valence-corrected chi connectivity index (χ0v) is 14.5. The van der Waals surface area contributed by atoms with Gasteiger partial charge in [-0.3, -0.25) is 4.57 Å². The molecule has 4 nitrogen and oxygen atoms in total. The van der Waals surface area contributed by atoms with E-state index < -0.39 is 0 Å². The molecule has 3 rings (SSSR count). The second-order valence-electron chi connectivity index (χ2n) is 5.01. The summed E-state index contributed by atoms with van der Waals surface area (Å²) in [5.41, 5.74) is 2.08. The van der Waals surface area contributed by atoms with Gasteiger partial charge in [0.1, 0.15) is 5.52 Å². The quantitative estimate of drug-likeness (QED) is 0.668. The molecule has 0 bridgehead atoms. The molecule has 7 heteroatoms. The third kappa shape index (κ3) is 2.47. The minimum Gasteiger partial charge on any atom is -0.480 e. The summed E-state index contributed by atoms with van der Waals surface area (Å²) >= 11 is 13.9. The van der Waals surface area contributed by atoms with Crippen LogP contribution < -0.4 is 0 Å². The average molecular weight is 356 g/mol. The van der Waals surface area contributed by atoms with Crippen LogP contribution in [-0.2, 0) is 0 Å². The van der Waals surface area contributed by atoms with Crippen LogP contribution in [0, 0.1) is 0 Å². The van der Waals surface area contributed by atoms with Gasteiger partial charge < -0.3 is 5.11 Å². The number of pyridine rings is 1. The normalized spacial score (nSPS) is 11.7. The Morgan fingerprint density at radius 2 is 2.00 bits per heavy atom. The zero-order chi connectivity index (χ0) is 15.9. The molecule has 0 spiro atoms. The van der Waals surface area contributed by atoms with Gasteiger partial charge in [-0.25, -0.2) is 4.98 Å². The van der Waals surface area contributed by atoms with E-state index in [1.54, 1.807) is 6.20 Å². The van der Waals surface area contributed by atoms with Crippen LogP contribution >= 0.6 is 34.5 Å². The smallest absolute Gasteiger partial charge is 0.296 e. The number of fused-ring (bicyclic) bond motifs is 1. The van der Waals surface area contributed by atoms with Crippen molar-refractivity contribution in [3.8, 4) is 16.5 Å². The van der Waals surface area contributed by atoms with E-state index in [9.17, 15) is 5.11 Å². The molecule has 3 aromatic rings. The summed E-state index contributed by atoms with van der Waals surface area (Å²) in [6.07, 6.45) is 3.33. The lowest BCUT2D eigenvalue weighted by Gasteiger charge is -2.17. The minimum absolute atomic E-state index is 0.0256. The van der Waals surface area contributed by atoms with Crippen molar-refractivity contribution < 1.29 is 5.11 Å². The zero-order valence-electron chi connectivity index (χ0n) is 12.2. The maximum Gasteiger partial charge on any atom is 0.296 e. The molecule has 22 heavy (non-hydrogen) atoms. The molecule has 1 N–H and O–H groups in total. The Bertz CT molecular complexity index is 824. The molecule has 0 aliphatic heterocycles. The Hall–Kier alpha value is -1.30. The first kappa shape index (κ1) is 15.6. The lowest BCUT2D eigenvalue weighted by atomic mass is 10.1. The number of thiophene rings is 1. The SMILES string of the molecule is CCC(CC)n1c(O)nc2ncc(Cl)c(-c3ccc(Cl)s3)c21. The van der Waals surface area contributed by atoms with E-state index in [1.165, 1.54) is 11.3 Å². The minimum atomic E-state index is -0.0256. The maximum atomic E-state index is 10.3. The van der Waals surface area contributed by atoms with Gasteiger partial charge in [0.25, 0.3) is 6.01 Å². The standard InChI is InChI=1S/C15H15Cl2N3OS/c1-3-8(4-2)20-13-12(10-5-6-11(17)22-10)9(16)7-18-14(13)19-15(20)21/h5-8H,3-4H2,1-2H3,(H,18,19,21). The summed E-state index contributed by atoms with van der Waals surface area (Å²) in [6.45, 7) is 4.16. The molecule has 0 aliphatic carbocycles. The first-order valence-electron chi connectivity index (χ1n) is 7.07. The van der Waals surface area contributed by atoms with Crippen LogP contribution in [0.3, 0.4) is 0 Å². The van der Waals surface area contributed by atoms with Crippen molar-refractivity contribution in [2.75, 3.05) is 0 Å². The fraction of sp³-hybridized carbons (Fsp3) is 0.333. The van der Waals surface area contributed by atoms with Crippen LogP contribution in [0.15, 0.2) is 18.3 Å². The number of hydrogen-bond acceptors (Lipinski definition) is 4. The van der Waals surface area contributed by atoms with Crippen molar-refractivity contribution in [1.29, 1.82) is 0 Å². The van der Waals surface area contributed by atoms with Gasteiger partial charge in [0, 0.05) is 22.7 Å². The van der Waals surface area contributed by atoms with Crippen molar-refractivity contribution in [2.24, 2.45) is 0 Å². The highest BCUT2D eigenvalue weighted by atomic mass is 35.5. The summed E-state index contributed by atoms with van der Waals surface area (Å²) in [7, 11) is 0. The Balaban J connectivity index is 2.37. The maximum absolute atomic E-state index is 10.3. The Labute approximate surface area is 142 Å². The molecule has 0 radical (unpaired) electrons. The van der Waals surface area contributed by atoms with Crippen LogP contribution in [-0.4, -0.2) is 19.6 Å². The number of hydrogen-bond donors (Lipinski definition) is 1. The highest BCUT2D eigenvalue weighted by Crippen LogP contribution is 2.42. The van der Waals surface area contributed by atoms with E-state index in [-0.39, 0.29) is 12.1 Å². The molecule has 0 unspecified atom stereocenters.